The first-order valence-corrected chi connectivity index (χ1v) is 9.32. The Labute approximate surface area is 157 Å². The van der Waals surface area contributed by atoms with Gasteiger partial charge in [-0.05, 0) is 23.8 Å². The van der Waals surface area contributed by atoms with E-state index in [1.54, 1.807) is 51.6 Å². The minimum atomic E-state index is -0.154. The Balaban J connectivity index is 2.00. The number of pyridine rings is 1. The van der Waals surface area contributed by atoms with Crippen LogP contribution in [0.5, 0.6) is 17.2 Å². The highest BCUT2D eigenvalue weighted by atomic mass is 32.2. The molecule has 1 aromatic heterocycles. The molecule has 0 aliphatic carbocycles. The van der Waals surface area contributed by atoms with Crippen molar-refractivity contribution < 1.29 is 19.0 Å². The van der Waals surface area contributed by atoms with Crippen LogP contribution in [-0.4, -0.2) is 42.9 Å². The van der Waals surface area contributed by atoms with Crippen molar-refractivity contribution in [3.05, 3.63) is 47.8 Å². The Morgan fingerprint density at radius 2 is 1.73 bits per heavy atom. The maximum atomic E-state index is 12.7. The predicted octanol–water partition coefficient (Wildman–Crippen LogP) is 3.27. The molecule has 26 heavy (non-hydrogen) atoms. The number of rotatable bonds is 6. The summed E-state index contributed by atoms with van der Waals surface area (Å²) in [5, 5.41) is -0.154. The zero-order chi connectivity index (χ0) is 18.5. The molecule has 3 rings (SSSR count). The number of aromatic nitrogens is 1. The van der Waals surface area contributed by atoms with Gasteiger partial charge in [-0.2, -0.15) is 0 Å². The number of hydrogen-bond donors (Lipinski definition) is 0. The van der Waals surface area contributed by atoms with Crippen LogP contribution in [0.2, 0.25) is 0 Å². The van der Waals surface area contributed by atoms with Gasteiger partial charge in [0, 0.05) is 42.7 Å². The Morgan fingerprint density at radius 3 is 2.38 bits per heavy atom. The number of hydrogen-bond acceptors (Lipinski definition) is 6. The summed E-state index contributed by atoms with van der Waals surface area (Å²) >= 11 is 1.72. The van der Waals surface area contributed by atoms with Gasteiger partial charge in [0.15, 0.2) is 11.5 Å². The summed E-state index contributed by atoms with van der Waals surface area (Å²) in [4.78, 5) is 18.6. The lowest BCUT2D eigenvalue weighted by Crippen LogP contribution is -2.36. The third-order valence-corrected chi connectivity index (χ3v) is 5.56. The molecule has 1 fully saturated rings. The smallest absolute Gasteiger partial charge is 0.224 e. The van der Waals surface area contributed by atoms with E-state index >= 15 is 0 Å². The summed E-state index contributed by atoms with van der Waals surface area (Å²) in [7, 11) is 4.81. The van der Waals surface area contributed by atoms with E-state index in [9.17, 15) is 4.79 Å². The minimum Gasteiger partial charge on any atom is -0.496 e. The number of thioether (sulfide) groups is 1. The average molecular weight is 374 g/mol. The zero-order valence-electron chi connectivity index (χ0n) is 15.1. The molecule has 1 aromatic carbocycles. The molecular weight excluding hydrogens is 352 g/mol. The highest BCUT2D eigenvalue weighted by molar-refractivity contribution is 7.99. The molecule has 2 heterocycles. The summed E-state index contributed by atoms with van der Waals surface area (Å²) in [6.07, 6.45) is 4.01. The van der Waals surface area contributed by atoms with Gasteiger partial charge in [0.1, 0.15) is 11.1 Å². The van der Waals surface area contributed by atoms with Crippen LogP contribution in [0.25, 0.3) is 0 Å². The Kier molecular flexibility index (Phi) is 5.88. The third kappa shape index (κ3) is 3.72. The topological polar surface area (TPSA) is 60.9 Å². The molecule has 0 N–H and O–H groups in total. The molecule has 0 spiro atoms. The highest BCUT2D eigenvalue weighted by Gasteiger charge is 2.32. The van der Waals surface area contributed by atoms with Gasteiger partial charge >= 0.3 is 0 Å². The molecule has 6 nitrogen and oxygen atoms in total. The Morgan fingerprint density at radius 1 is 1.08 bits per heavy atom. The van der Waals surface area contributed by atoms with Gasteiger partial charge in [0.25, 0.3) is 0 Å². The summed E-state index contributed by atoms with van der Waals surface area (Å²) in [5.41, 5.74) is 1.94. The molecule has 0 saturated carbocycles. The summed E-state index contributed by atoms with van der Waals surface area (Å²) in [6, 6.07) is 7.55. The van der Waals surface area contributed by atoms with E-state index in [1.807, 2.05) is 23.1 Å². The van der Waals surface area contributed by atoms with E-state index in [0.29, 0.717) is 30.2 Å². The zero-order valence-corrected chi connectivity index (χ0v) is 15.9. The molecule has 1 aliphatic rings. The molecular formula is C19H22N2O4S. The van der Waals surface area contributed by atoms with Crippen molar-refractivity contribution in [1.29, 1.82) is 0 Å². The Bertz CT molecular complexity index is 770. The van der Waals surface area contributed by atoms with Crippen molar-refractivity contribution in [2.75, 3.05) is 27.1 Å². The van der Waals surface area contributed by atoms with Crippen molar-refractivity contribution in [3.63, 3.8) is 0 Å². The number of nitrogens with zero attached hydrogens (tertiary/aromatic N) is 2. The molecule has 1 atom stereocenters. The largest absolute Gasteiger partial charge is 0.496 e. The van der Waals surface area contributed by atoms with Crippen LogP contribution in [0, 0.1) is 0 Å². The number of carbonyl (C=O) groups is 1. The fourth-order valence-corrected chi connectivity index (χ4v) is 4.23. The average Bonchev–Trinajstić information content (AvgIpc) is 2.69. The number of ether oxygens (including phenoxy) is 3. The first-order chi connectivity index (χ1) is 12.7. The fraction of sp³-hybridized carbons (Fsp3) is 0.368. The van der Waals surface area contributed by atoms with E-state index in [1.165, 1.54) is 0 Å². The van der Waals surface area contributed by atoms with Crippen molar-refractivity contribution >= 4 is 17.7 Å². The Hall–Kier alpha value is -2.41. The predicted molar refractivity (Wildman–Crippen MR) is 101 cm³/mol. The molecule has 0 bridgehead atoms. The second-order valence-electron chi connectivity index (χ2n) is 5.80. The highest BCUT2D eigenvalue weighted by Crippen LogP contribution is 2.45. The summed E-state index contributed by atoms with van der Waals surface area (Å²) in [6.45, 7) is 0.524. The van der Waals surface area contributed by atoms with E-state index in [-0.39, 0.29) is 11.3 Å². The maximum Gasteiger partial charge on any atom is 0.224 e. The molecule has 1 unspecified atom stereocenters. The van der Waals surface area contributed by atoms with Crippen LogP contribution >= 0.6 is 11.8 Å². The molecule has 1 amide bonds. The number of methoxy groups -OCH3 is 3. The molecule has 2 aromatic rings. The molecule has 1 saturated heterocycles. The van der Waals surface area contributed by atoms with Gasteiger partial charge < -0.3 is 19.1 Å². The second kappa shape index (κ2) is 8.31. The quantitative estimate of drug-likeness (QED) is 0.773. The van der Waals surface area contributed by atoms with Gasteiger partial charge in [-0.15, -0.1) is 11.8 Å². The van der Waals surface area contributed by atoms with Gasteiger partial charge in [-0.3, -0.25) is 9.78 Å². The lowest BCUT2D eigenvalue weighted by atomic mass is 10.1. The van der Waals surface area contributed by atoms with Crippen LogP contribution in [0.1, 0.15) is 22.9 Å². The molecule has 1 aliphatic heterocycles. The van der Waals surface area contributed by atoms with Crippen LogP contribution in [0.4, 0.5) is 0 Å². The van der Waals surface area contributed by atoms with E-state index in [0.717, 1.165) is 16.9 Å². The lowest BCUT2D eigenvalue weighted by Gasteiger charge is -2.36. The molecule has 138 valence electrons. The first kappa shape index (κ1) is 18.4. The van der Waals surface area contributed by atoms with Crippen LogP contribution in [-0.2, 0) is 11.3 Å². The maximum absolute atomic E-state index is 12.7. The molecule has 7 heteroatoms. The van der Waals surface area contributed by atoms with E-state index < -0.39 is 0 Å². The van der Waals surface area contributed by atoms with Gasteiger partial charge in [-0.1, -0.05) is 0 Å². The van der Waals surface area contributed by atoms with Gasteiger partial charge in [0.2, 0.25) is 5.91 Å². The van der Waals surface area contributed by atoms with E-state index in [4.69, 9.17) is 14.2 Å². The van der Waals surface area contributed by atoms with Gasteiger partial charge in [-0.25, -0.2) is 0 Å². The van der Waals surface area contributed by atoms with Crippen LogP contribution in [0.3, 0.4) is 0 Å². The standard InChI is InChI=1S/C19H22N2O4S/c1-23-15-11-17(25-3)16(24-2)10-14(15)19-21(18(22)6-9-26-19)12-13-4-7-20-8-5-13/h4-5,7-8,10-11,19H,6,9,12H2,1-3H3. The van der Waals surface area contributed by atoms with Gasteiger partial charge in [0.05, 0.1) is 21.3 Å². The van der Waals surface area contributed by atoms with Crippen molar-refractivity contribution in [2.24, 2.45) is 0 Å². The van der Waals surface area contributed by atoms with Crippen molar-refractivity contribution in [2.45, 2.75) is 18.3 Å². The molecule has 0 radical (unpaired) electrons. The van der Waals surface area contributed by atoms with Crippen LogP contribution in [0.15, 0.2) is 36.7 Å². The monoisotopic (exact) mass is 374 g/mol. The number of benzene rings is 1. The van der Waals surface area contributed by atoms with Crippen molar-refractivity contribution in [1.82, 2.24) is 9.88 Å². The fourth-order valence-electron chi connectivity index (χ4n) is 2.98. The third-order valence-electron chi connectivity index (χ3n) is 4.30. The first-order valence-electron chi connectivity index (χ1n) is 8.27. The summed E-state index contributed by atoms with van der Waals surface area (Å²) < 4.78 is 16.4. The van der Waals surface area contributed by atoms with E-state index in [2.05, 4.69) is 4.98 Å². The SMILES string of the molecule is COc1cc(OC)c(C2SCCC(=O)N2Cc2ccncc2)cc1OC. The van der Waals surface area contributed by atoms with Crippen LogP contribution < -0.4 is 14.2 Å². The second-order valence-corrected chi connectivity index (χ2v) is 6.99. The van der Waals surface area contributed by atoms with Crippen molar-refractivity contribution in [3.8, 4) is 17.2 Å². The normalized spacial score (nSPS) is 17.1. The number of amides is 1. The lowest BCUT2D eigenvalue weighted by molar-refractivity contribution is -0.132. The minimum absolute atomic E-state index is 0.127. The number of carbonyl (C=O) groups excluding carboxylic acids is 1. The summed E-state index contributed by atoms with van der Waals surface area (Å²) in [5.74, 6) is 2.79.